The molecule has 1 aliphatic rings. The molecule has 2 N–H and O–H groups in total. The summed E-state index contributed by atoms with van der Waals surface area (Å²) in [5.74, 6) is -0.693. The summed E-state index contributed by atoms with van der Waals surface area (Å²) in [5.41, 5.74) is 0.592. The van der Waals surface area contributed by atoms with Crippen LogP contribution in [0.15, 0.2) is 18.2 Å². The molecular weight excluding hydrogens is 282 g/mol. The molecule has 0 unspecified atom stereocenters. The standard InChI is InChI=1S/C14H16ClNO4/c15-11-7-10(5-6-12(11)20-8-13(17)18)16-14(19)9-3-1-2-4-9/h5-7,9H,1-4,8H2,(H,16,19)(H,17,18). The minimum absolute atomic E-state index is 0.0118. The number of rotatable bonds is 5. The highest BCUT2D eigenvalue weighted by Gasteiger charge is 2.22. The Bertz CT molecular complexity index is 512. The Balaban J connectivity index is 1.97. The maximum Gasteiger partial charge on any atom is 0.341 e. The van der Waals surface area contributed by atoms with Crippen molar-refractivity contribution in [3.8, 4) is 5.75 Å². The van der Waals surface area contributed by atoms with Crippen LogP contribution in [-0.2, 0) is 9.59 Å². The van der Waals surface area contributed by atoms with Gasteiger partial charge in [-0.05, 0) is 31.0 Å². The second-order valence-electron chi connectivity index (χ2n) is 4.80. The molecule has 108 valence electrons. The Morgan fingerprint density at radius 1 is 1.35 bits per heavy atom. The summed E-state index contributed by atoms with van der Waals surface area (Å²) in [4.78, 5) is 22.4. The summed E-state index contributed by atoms with van der Waals surface area (Å²) < 4.78 is 5.01. The van der Waals surface area contributed by atoms with Gasteiger partial charge in [0.15, 0.2) is 6.61 Å². The zero-order valence-corrected chi connectivity index (χ0v) is 11.7. The molecule has 1 fully saturated rings. The average Bonchev–Trinajstić information content (AvgIpc) is 2.91. The Kier molecular flexibility index (Phi) is 4.84. The average molecular weight is 298 g/mol. The normalized spacial score (nSPS) is 15.1. The molecule has 20 heavy (non-hydrogen) atoms. The summed E-state index contributed by atoms with van der Waals surface area (Å²) in [6.45, 7) is -0.451. The van der Waals surface area contributed by atoms with E-state index >= 15 is 0 Å². The Labute approximate surface area is 121 Å². The van der Waals surface area contributed by atoms with Crippen LogP contribution in [0.4, 0.5) is 5.69 Å². The fourth-order valence-electron chi connectivity index (χ4n) is 2.27. The first kappa shape index (κ1) is 14.7. The molecule has 0 aliphatic heterocycles. The highest BCUT2D eigenvalue weighted by molar-refractivity contribution is 6.32. The number of carboxylic acids is 1. The molecule has 1 aromatic rings. The van der Waals surface area contributed by atoms with Crippen LogP contribution in [0.25, 0.3) is 0 Å². The molecule has 1 amide bonds. The SMILES string of the molecule is O=C(O)COc1ccc(NC(=O)C2CCCC2)cc1Cl. The number of aliphatic carboxylic acids is 1. The van der Waals surface area contributed by atoms with E-state index in [1.807, 2.05) is 0 Å². The number of hydrogen-bond acceptors (Lipinski definition) is 3. The van der Waals surface area contributed by atoms with Gasteiger partial charge in [-0.3, -0.25) is 4.79 Å². The number of halogens is 1. The van der Waals surface area contributed by atoms with E-state index < -0.39 is 12.6 Å². The van der Waals surface area contributed by atoms with E-state index in [9.17, 15) is 9.59 Å². The lowest BCUT2D eigenvalue weighted by molar-refractivity contribution is -0.139. The molecule has 0 heterocycles. The number of carbonyl (C=O) groups is 2. The molecular formula is C14H16ClNO4. The van der Waals surface area contributed by atoms with Crippen LogP contribution in [0.2, 0.25) is 5.02 Å². The number of carbonyl (C=O) groups excluding carboxylic acids is 1. The third-order valence-electron chi connectivity index (χ3n) is 3.28. The predicted molar refractivity (Wildman–Crippen MR) is 75.2 cm³/mol. The van der Waals surface area contributed by atoms with E-state index in [0.717, 1.165) is 25.7 Å². The van der Waals surface area contributed by atoms with Crippen LogP contribution in [-0.4, -0.2) is 23.6 Å². The van der Waals surface area contributed by atoms with E-state index in [1.165, 1.54) is 0 Å². The Morgan fingerprint density at radius 2 is 2.05 bits per heavy atom. The van der Waals surface area contributed by atoms with E-state index in [4.69, 9.17) is 21.4 Å². The highest BCUT2D eigenvalue weighted by atomic mass is 35.5. The lowest BCUT2D eigenvalue weighted by Gasteiger charge is -2.12. The first-order valence-electron chi connectivity index (χ1n) is 6.51. The molecule has 0 aromatic heterocycles. The number of hydrogen-bond donors (Lipinski definition) is 2. The number of anilines is 1. The minimum atomic E-state index is -1.07. The molecule has 1 aromatic carbocycles. The molecule has 0 saturated heterocycles. The lowest BCUT2D eigenvalue weighted by atomic mass is 10.1. The van der Waals surface area contributed by atoms with Gasteiger partial charge in [0.25, 0.3) is 0 Å². The van der Waals surface area contributed by atoms with Crippen LogP contribution in [0.3, 0.4) is 0 Å². The van der Waals surface area contributed by atoms with E-state index in [1.54, 1.807) is 18.2 Å². The number of nitrogens with one attached hydrogen (secondary N) is 1. The fraction of sp³-hybridized carbons (Fsp3) is 0.429. The summed E-state index contributed by atoms with van der Waals surface area (Å²) in [7, 11) is 0. The zero-order chi connectivity index (χ0) is 14.5. The molecule has 6 heteroatoms. The Morgan fingerprint density at radius 3 is 2.65 bits per heavy atom. The van der Waals surface area contributed by atoms with E-state index in [-0.39, 0.29) is 22.6 Å². The third kappa shape index (κ3) is 3.87. The molecule has 5 nitrogen and oxygen atoms in total. The smallest absolute Gasteiger partial charge is 0.341 e. The van der Waals surface area contributed by atoms with Crippen molar-refractivity contribution in [2.75, 3.05) is 11.9 Å². The van der Waals surface area contributed by atoms with E-state index in [2.05, 4.69) is 5.32 Å². The monoisotopic (exact) mass is 297 g/mol. The predicted octanol–water partition coefficient (Wildman–Crippen LogP) is 2.93. The second kappa shape index (κ2) is 6.61. The van der Waals surface area contributed by atoms with Gasteiger partial charge in [-0.25, -0.2) is 4.79 Å². The van der Waals surface area contributed by atoms with Crippen molar-refractivity contribution in [3.05, 3.63) is 23.2 Å². The molecule has 2 rings (SSSR count). The number of carboxylic acid groups (broad SMARTS) is 1. The van der Waals surface area contributed by atoms with Gasteiger partial charge in [0.05, 0.1) is 5.02 Å². The maximum atomic E-state index is 12.0. The molecule has 0 atom stereocenters. The number of ether oxygens (including phenoxy) is 1. The first-order valence-corrected chi connectivity index (χ1v) is 6.89. The second-order valence-corrected chi connectivity index (χ2v) is 5.21. The summed E-state index contributed by atoms with van der Waals surface area (Å²) in [6, 6.07) is 4.76. The van der Waals surface area contributed by atoms with Gasteiger partial charge in [0.1, 0.15) is 5.75 Å². The zero-order valence-electron chi connectivity index (χ0n) is 10.9. The summed E-state index contributed by atoms with van der Waals surface area (Å²) in [6.07, 6.45) is 4.06. The van der Waals surface area contributed by atoms with Crippen LogP contribution < -0.4 is 10.1 Å². The quantitative estimate of drug-likeness (QED) is 0.876. The van der Waals surface area contributed by atoms with Gasteiger partial charge in [-0.15, -0.1) is 0 Å². The maximum absolute atomic E-state index is 12.0. The first-order chi connectivity index (χ1) is 9.56. The van der Waals surface area contributed by atoms with Crippen molar-refractivity contribution in [2.24, 2.45) is 5.92 Å². The van der Waals surface area contributed by atoms with Crippen molar-refractivity contribution in [1.29, 1.82) is 0 Å². The Hall–Kier alpha value is -1.75. The summed E-state index contributed by atoms with van der Waals surface area (Å²) in [5, 5.41) is 11.6. The largest absolute Gasteiger partial charge is 0.480 e. The molecule has 1 saturated carbocycles. The van der Waals surface area contributed by atoms with Crippen molar-refractivity contribution in [2.45, 2.75) is 25.7 Å². The van der Waals surface area contributed by atoms with Crippen LogP contribution in [0, 0.1) is 5.92 Å². The van der Waals surface area contributed by atoms with Crippen LogP contribution in [0.5, 0.6) is 5.75 Å². The topological polar surface area (TPSA) is 75.6 Å². The molecule has 0 bridgehead atoms. The molecule has 0 spiro atoms. The van der Waals surface area contributed by atoms with Gasteiger partial charge in [-0.2, -0.15) is 0 Å². The number of benzene rings is 1. The fourth-order valence-corrected chi connectivity index (χ4v) is 2.50. The van der Waals surface area contributed by atoms with Gasteiger partial charge in [0.2, 0.25) is 5.91 Å². The van der Waals surface area contributed by atoms with Gasteiger partial charge in [-0.1, -0.05) is 24.4 Å². The molecule has 1 aliphatic carbocycles. The minimum Gasteiger partial charge on any atom is -0.480 e. The van der Waals surface area contributed by atoms with Gasteiger partial charge >= 0.3 is 5.97 Å². The van der Waals surface area contributed by atoms with Crippen molar-refractivity contribution >= 4 is 29.2 Å². The van der Waals surface area contributed by atoms with Gasteiger partial charge in [0, 0.05) is 11.6 Å². The highest BCUT2D eigenvalue weighted by Crippen LogP contribution is 2.29. The summed E-state index contributed by atoms with van der Waals surface area (Å²) >= 11 is 5.99. The van der Waals surface area contributed by atoms with Crippen LogP contribution in [0.1, 0.15) is 25.7 Å². The number of amides is 1. The van der Waals surface area contributed by atoms with Crippen LogP contribution >= 0.6 is 11.6 Å². The van der Waals surface area contributed by atoms with Crippen molar-refractivity contribution in [3.63, 3.8) is 0 Å². The van der Waals surface area contributed by atoms with Gasteiger partial charge < -0.3 is 15.2 Å². The third-order valence-corrected chi connectivity index (χ3v) is 3.57. The lowest BCUT2D eigenvalue weighted by Crippen LogP contribution is -2.20. The van der Waals surface area contributed by atoms with Crippen molar-refractivity contribution in [1.82, 2.24) is 0 Å². The molecule has 0 radical (unpaired) electrons. The van der Waals surface area contributed by atoms with Crippen molar-refractivity contribution < 1.29 is 19.4 Å². The van der Waals surface area contributed by atoms with E-state index in [0.29, 0.717) is 5.69 Å².